The summed E-state index contributed by atoms with van der Waals surface area (Å²) in [5, 5.41) is 1.37. The number of allylic oxidation sites excluding steroid dienone is 3. The molecule has 0 spiro atoms. The summed E-state index contributed by atoms with van der Waals surface area (Å²) in [6.07, 6.45) is 5.99. The topological polar surface area (TPSA) is 3.88 Å². The Morgan fingerprint density at radius 3 is 2.76 bits per heavy atom. The van der Waals surface area contributed by atoms with Gasteiger partial charge in [0.1, 0.15) is 11.2 Å². The molecule has 0 aliphatic heterocycles. The van der Waals surface area contributed by atoms with E-state index in [2.05, 4.69) is 68.7 Å². The van der Waals surface area contributed by atoms with Gasteiger partial charge in [-0.05, 0) is 43.7 Å². The van der Waals surface area contributed by atoms with Crippen LogP contribution in [0.4, 0.5) is 0 Å². The lowest BCUT2D eigenvalue weighted by Gasteiger charge is -2.26. The van der Waals surface area contributed by atoms with E-state index in [9.17, 15) is 0 Å². The lowest BCUT2D eigenvalue weighted by molar-refractivity contribution is -0.665. The zero-order chi connectivity index (χ0) is 15.0. The van der Waals surface area contributed by atoms with Gasteiger partial charge >= 0.3 is 0 Å². The van der Waals surface area contributed by atoms with Crippen molar-refractivity contribution in [1.82, 2.24) is 0 Å². The minimum atomic E-state index is 0.711. The molecular weight excluding hydrogens is 274 g/mol. The lowest BCUT2D eigenvalue weighted by Crippen LogP contribution is -2.33. The first-order valence-electron chi connectivity index (χ1n) is 7.90. The van der Waals surface area contributed by atoms with Gasteiger partial charge in [-0.25, -0.2) is 0 Å². The van der Waals surface area contributed by atoms with Gasteiger partial charge < -0.3 is 0 Å². The fourth-order valence-electron chi connectivity index (χ4n) is 3.23. The summed E-state index contributed by atoms with van der Waals surface area (Å²) in [4.78, 5) is 0. The highest BCUT2D eigenvalue weighted by atomic mass is 32.1. The van der Waals surface area contributed by atoms with E-state index < -0.39 is 0 Å². The second kappa shape index (κ2) is 5.76. The summed E-state index contributed by atoms with van der Waals surface area (Å²) < 4.78 is 3.81. The number of aryl methyl sites for hydroxylation is 1. The molecule has 0 unspecified atom stereocenters. The maximum Gasteiger partial charge on any atom is 0.263 e. The molecule has 1 aliphatic carbocycles. The first-order chi connectivity index (χ1) is 10.1. The molecule has 0 radical (unpaired) electrons. The van der Waals surface area contributed by atoms with Crippen LogP contribution in [0.15, 0.2) is 41.5 Å². The first kappa shape index (κ1) is 14.5. The monoisotopic (exact) mass is 298 g/mol. The number of thiazole rings is 1. The molecule has 0 fully saturated rings. The summed E-state index contributed by atoms with van der Waals surface area (Å²) in [6, 6.07) is 8.71. The van der Waals surface area contributed by atoms with Gasteiger partial charge in [0.05, 0.1) is 0 Å². The maximum atomic E-state index is 2.43. The van der Waals surface area contributed by atoms with Crippen molar-refractivity contribution < 1.29 is 4.57 Å². The Kier molecular flexibility index (Phi) is 3.99. The van der Waals surface area contributed by atoms with Crippen molar-refractivity contribution in [3.63, 3.8) is 0 Å². The number of para-hydroxylation sites is 1. The Labute approximate surface area is 131 Å². The molecule has 0 saturated heterocycles. The molecule has 1 nitrogen and oxygen atoms in total. The summed E-state index contributed by atoms with van der Waals surface area (Å²) in [7, 11) is 0. The van der Waals surface area contributed by atoms with E-state index in [0.29, 0.717) is 5.92 Å². The van der Waals surface area contributed by atoms with E-state index in [1.165, 1.54) is 32.8 Å². The van der Waals surface area contributed by atoms with Crippen LogP contribution in [0.2, 0.25) is 0 Å². The van der Waals surface area contributed by atoms with Crippen LogP contribution in [-0.2, 0) is 6.54 Å². The minimum absolute atomic E-state index is 0.711. The SMILES string of the molecule is CC[n+]1c(/C=C2/C=C(C)[C@H](C)[C@@H](C)C2)sc2ccccc21. The Bertz CT molecular complexity index is 720. The molecule has 2 heteroatoms. The van der Waals surface area contributed by atoms with Gasteiger partial charge in [-0.15, -0.1) is 0 Å². The lowest BCUT2D eigenvalue weighted by atomic mass is 9.79. The van der Waals surface area contributed by atoms with Crippen LogP contribution in [0, 0.1) is 11.8 Å². The van der Waals surface area contributed by atoms with Crippen molar-refractivity contribution in [2.24, 2.45) is 11.8 Å². The standard InChI is InChI=1S/C19H24NS/c1-5-20-17-8-6-7-9-18(17)21-19(20)12-16-10-13(2)15(4)14(3)11-16/h6-10,12,14-15H,5,11H2,1-4H3/q+1/b16-12-/t14-,15-/m0/s1. The van der Waals surface area contributed by atoms with Crippen LogP contribution >= 0.6 is 11.3 Å². The first-order valence-corrected chi connectivity index (χ1v) is 8.72. The van der Waals surface area contributed by atoms with Crippen LogP contribution in [-0.4, -0.2) is 0 Å². The number of aromatic nitrogens is 1. The van der Waals surface area contributed by atoms with E-state index in [0.717, 1.165) is 12.5 Å². The Hall–Kier alpha value is -1.41. The molecule has 21 heavy (non-hydrogen) atoms. The predicted molar refractivity (Wildman–Crippen MR) is 92.4 cm³/mol. The summed E-state index contributed by atoms with van der Waals surface area (Å²) in [5.41, 5.74) is 4.35. The number of hydrogen-bond donors (Lipinski definition) is 0. The molecular formula is C19H24NS+. The van der Waals surface area contributed by atoms with Crippen molar-refractivity contribution in [1.29, 1.82) is 0 Å². The molecule has 1 aliphatic rings. The minimum Gasteiger partial charge on any atom is -0.182 e. The third-order valence-corrected chi connectivity index (χ3v) is 5.92. The van der Waals surface area contributed by atoms with E-state index in [4.69, 9.17) is 0 Å². The normalized spacial score (nSPS) is 24.6. The van der Waals surface area contributed by atoms with Crippen molar-refractivity contribution in [2.75, 3.05) is 0 Å². The highest BCUT2D eigenvalue weighted by Crippen LogP contribution is 2.34. The Morgan fingerprint density at radius 2 is 2.05 bits per heavy atom. The number of rotatable bonds is 2. The van der Waals surface area contributed by atoms with Gasteiger partial charge in [0.2, 0.25) is 5.52 Å². The van der Waals surface area contributed by atoms with E-state index in [-0.39, 0.29) is 0 Å². The zero-order valence-corrected chi connectivity index (χ0v) is 14.2. The van der Waals surface area contributed by atoms with Gasteiger partial charge in [-0.2, -0.15) is 4.57 Å². The largest absolute Gasteiger partial charge is 0.263 e. The molecule has 2 atom stereocenters. The van der Waals surface area contributed by atoms with Gasteiger partial charge in [0, 0.05) is 12.1 Å². The van der Waals surface area contributed by atoms with Crippen molar-refractivity contribution >= 4 is 27.6 Å². The fourth-order valence-corrected chi connectivity index (χ4v) is 4.43. The summed E-state index contributed by atoms with van der Waals surface area (Å²) in [5.74, 6) is 1.45. The second-order valence-corrected chi connectivity index (χ2v) is 7.29. The Morgan fingerprint density at radius 1 is 1.29 bits per heavy atom. The average molecular weight is 298 g/mol. The molecule has 0 saturated carbocycles. The van der Waals surface area contributed by atoms with Crippen LogP contribution in [0.25, 0.3) is 16.3 Å². The van der Waals surface area contributed by atoms with E-state index >= 15 is 0 Å². The quantitative estimate of drug-likeness (QED) is 0.670. The van der Waals surface area contributed by atoms with E-state index in [1.54, 1.807) is 0 Å². The molecule has 0 bridgehead atoms. The molecule has 110 valence electrons. The molecule has 1 heterocycles. The highest BCUT2D eigenvalue weighted by molar-refractivity contribution is 7.18. The molecule has 2 aromatic rings. The molecule has 0 N–H and O–H groups in total. The smallest absolute Gasteiger partial charge is 0.182 e. The predicted octanol–water partition coefficient (Wildman–Crippen LogP) is 5.21. The number of hydrogen-bond acceptors (Lipinski definition) is 1. The maximum absolute atomic E-state index is 2.43. The van der Waals surface area contributed by atoms with Gasteiger partial charge in [0.25, 0.3) is 5.01 Å². The van der Waals surface area contributed by atoms with Gasteiger partial charge in [-0.3, -0.25) is 0 Å². The number of benzene rings is 1. The van der Waals surface area contributed by atoms with E-state index in [1.807, 2.05) is 11.3 Å². The Balaban J connectivity index is 2.07. The summed E-state index contributed by atoms with van der Waals surface area (Å²) in [6.45, 7) is 10.2. The molecule has 0 amide bonds. The highest BCUT2D eigenvalue weighted by Gasteiger charge is 2.22. The van der Waals surface area contributed by atoms with Crippen LogP contribution < -0.4 is 4.57 Å². The van der Waals surface area contributed by atoms with Crippen molar-refractivity contribution in [2.45, 2.75) is 40.7 Å². The fraction of sp³-hybridized carbons (Fsp3) is 0.421. The number of nitrogens with zero attached hydrogens (tertiary/aromatic N) is 1. The third kappa shape index (κ3) is 2.69. The van der Waals surface area contributed by atoms with Crippen molar-refractivity contribution in [3.8, 4) is 0 Å². The average Bonchev–Trinajstić information content (AvgIpc) is 2.81. The zero-order valence-electron chi connectivity index (χ0n) is 13.4. The van der Waals surface area contributed by atoms with Crippen LogP contribution in [0.5, 0.6) is 0 Å². The number of fused-ring (bicyclic) bond motifs is 1. The second-order valence-electron chi connectivity index (χ2n) is 6.23. The van der Waals surface area contributed by atoms with Crippen LogP contribution in [0.3, 0.4) is 0 Å². The molecule has 1 aromatic carbocycles. The molecule has 1 aromatic heterocycles. The van der Waals surface area contributed by atoms with Gasteiger partial charge in [-0.1, -0.05) is 49.0 Å². The third-order valence-electron chi connectivity index (χ3n) is 4.80. The van der Waals surface area contributed by atoms with Crippen LogP contribution in [0.1, 0.15) is 39.1 Å². The van der Waals surface area contributed by atoms with Gasteiger partial charge in [0.15, 0.2) is 0 Å². The van der Waals surface area contributed by atoms with Crippen molar-refractivity contribution in [3.05, 3.63) is 46.5 Å². The molecule has 3 rings (SSSR count). The summed E-state index contributed by atoms with van der Waals surface area (Å²) >= 11 is 1.90.